The third kappa shape index (κ3) is 6.15. The molecular weight excluding hydrogens is 376 g/mol. The Morgan fingerprint density at radius 3 is 2.17 bits per heavy atom. The van der Waals surface area contributed by atoms with Crippen LogP contribution in [0.4, 0.5) is 0 Å². The maximum absolute atomic E-state index is 6.24. The molecule has 1 atom stereocenters. The smallest absolute Gasteiger partial charge is 0.149 e. The van der Waals surface area contributed by atoms with Crippen molar-refractivity contribution >= 4 is 11.3 Å². The van der Waals surface area contributed by atoms with Gasteiger partial charge in [0.25, 0.3) is 0 Å². The first kappa shape index (κ1) is 21.5. The average molecular weight is 409 g/mol. The molecule has 0 aliphatic carbocycles. The zero-order valence-electron chi connectivity index (χ0n) is 17.8. The van der Waals surface area contributed by atoms with Gasteiger partial charge in [0.05, 0.1) is 5.69 Å². The largest absolute Gasteiger partial charge is 0.475 e. The molecule has 0 aliphatic heterocycles. The molecule has 0 saturated heterocycles. The minimum absolute atomic E-state index is 0.0860. The molecule has 0 bridgehead atoms. The highest BCUT2D eigenvalue weighted by molar-refractivity contribution is 7.13. The van der Waals surface area contributed by atoms with Crippen LogP contribution in [0.1, 0.15) is 46.5 Å². The number of rotatable bonds is 11. The van der Waals surface area contributed by atoms with Crippen molar-refractivity contribution in [3.63, 3.8) is 0 Å². The van der Waals surface area contributed by atoms with Crippen LogP contribution in [-0.2, 0) is 0 Å². The fraction of sp³-hybridized carbons (Fsp3) is 0.400. The van der Waals surface area contributed by atoms with Crippen LogP contribution < -0.4 is 4.74 Å². The van der Waals surface area contributed by atoms with Gasteiger partial charge in [-0.15, -0.1) is 11.3 Å². The molecular formula is C25H32N2OS. The number of nitrogens with zero attached hydrogens (tertiary/aromatic N) is 2. The van der Waals surface area contributed by atoms with Crippen LogP contribution >= 0.6 is 11.3 Å². The molecule has 1 heterocycles. The first-order valence-corrected chi connectivity index (χ1v) is 11.6. The third-order valence-corrected chi connectivity index (χ3v) is 5.98. The maximum Gasteiger partial charge on any atom is 0.149 e. The van der Waals surface area contributed by atoms with Crippen LogP contribution in [0.25, 0.3) is 21.8 Å². The fourth-order valence-corrected chi connectivity index (χ4v) is 4.13. The molecule has 154 valence electrons. The summed E-state index contributed by atoms with van der Waals surface area (Å²) in [6.45, 7) is 8.83. The van der Waals surface area contributed by atoms with Gasteiger partial charge in [0.1, 0.15) is 17.0 Å². The number of aromatic nitrogens is 1. The number of unbranched alkanes of at least 4 members (excludes halogenated alkanes) is 2. The summed E-state index contributed by atoms with van der Waals surface area (Å²) in [6, 6.07) is 18.7. The highest BCUT2D eigenvalue weighted by Crippen LogP contribution is 2.29. The molecule has 0 aliphatic rings. The SMILES string of the molecule is CCCCN(CCCC)C(C)Oc1ccc(-c2csc(-c3ccccc3)n2)cc1. The van der Waals surface area contributed by atoms with Gasteiger partial charge in [0, 0.05) is 29.6 Å². The van der Waals surface area contributed by atoms with Gasteiger partial charge in [-0.05, 0) is 44.0 Å². The molecule has 4 heteroatoms. The number of hydrogen-bond acceptors (Lipinski definition) is 4. The lowest BCUT2D eigenvalue weighted by Gasteiger charge is -2.29. The van der Waals surface area contributed by atoms with Crippen molar-refractivity contribution in [2.24, 2.45) is 0 Å². The van der Waals surface area contributed by atoms with Crippen molar-refractivity contribution in [1.29, 1.82) is 0 Å². The van der Waals surface area contributed by atoms with Crippen LogP contribution in [0, 0.1) is 0 Å². The van der Waals surface area contributed by atoms with Gasteiger partial charge < -0.3 is 4.74 Å². The minimum Gasteiger partial charge on any atom is -0.475 e. The second kappa shape index (κ2) is 11.1. The number of benzene rings is 2. The standard InChI is InChI=1S/C25H32N2OS/c1-4-6-17-27(18-7-5-2)20(3)28-23-15-13-21(14-16-23)24-19-29-25(26-24)22-11-9-8-10-12-22/h8-16,19-20H,4-7,17-18H2,1-3H3. The van der Waals surface area contributed by atoms with Gasteiger partial charge in [0.15, 0.2) is 0 Å². The molecule has 3 aromatic rings. The van der Waals surface area contributed by atoms with Crippen LogP contribution in [-0.4, -0.2) is 29.2 Å². The summed E-state index contributed by atoms with van der Waals surface area (Å²) in [5, 5.41) is 3.18. The Morgan fingerprint density at radius 2 is 1.55 bits per heavy atom. The Balaban J connectivity index is 1.64. The number of ether oxygens (including phenoxy) is 1. The Morgan fingerprint density at radius 1 is 0.897 bits per heavy atom. The van der Waals surface area contributed by atoms with E-state index in [1.807, 2.05) is 18.2 Å². The van der Waals surface area contributed by atoms with Crippen molar-refractivity contribution in [3.8, 4) is 27.6 Å². The Bertz CT molecular complexity index is 837. The zero-order valence-corrected chi connectivity index (χ0v) is 18.6. The van der Waals surface area contributed by atoms with Crippen molar-refractivity contribution in [3.05, 3.63) is 60.0 Å². The van der Waals surface area contributed by atoms with E-state index in [2.05, 4.69) is 67.4 Å². The predicted molar refractivity (Wildman–Crippen MR) is 124 cm³/mol. The van der Waals surface area contributed by atoms with Crippen molar-refractivity contribution in [2.75, 3.05) is 13.1 Å². The monoisotopic (exact) mass is 408 g/mol. The van der Waals surface area contributed by atoms with Gasteiger partial charge in [0.2, 0.25) is 0 Å². The number of thiazole rings is 1. The summed E-state index contributed by atoms with van der Waals surface area (Å²) in [6.07, 6.45) is 4.93. The molecule has 0 spiro atoms. The zero-order chi connectivity index (χ0) is 20.5. The van der Waals surface area contributed by atoms with Gasteiger partial charge >= 0.3 is 0 Å². The Labute approximate surface area is 179 Å². The fourth-order valence-electron chi connectivity index (χ4n) is 3.29. The second-order valence-corrected chi connectivity index (χ2v) is 8.25. The molecule has 3 nitrogen and oxygen atoms in total. The van der Waals surface area contributed by atoms with Gasteiger partial charge in [-0.25, -0.2) is 4.98 Å². The Hall–Kier alpha value is -2.17. The Kier molecular flexibility index (Phi) is 8.26. The van der Waals surface area contributed by atoms with Gasteiger partial charge in [-0.2, -0.15) is 0 Å². The summed E-state index contributed by atoms with van der Waals surface area (Å²) in [7, 11) is 0. The first-order valence-electron chi connectivity index (χ1n) is 10.7. The van der Waals surface area contributed by atoms with Crippen LogP contribution in [0.5, 0.6) is 5.75 Å². The van der Waals surface area contributed by atoms with E-state index in [1.165, 1.54) is 25.7 Å². The molecule has 0 N–H and O–H groups in total. The molecule has 3 rings (SSSR count). The summed E-state index contributed by atoms with van der Waals surface area (Å²) in [5.74, 6) is 0.915. The molecule has 1 aromatic heterocycles. The maximum atomic E-state index is 6.24. The van der Waals surface area contributed by atoms with E-state index in [0.717, 1.165) is 40.7 Å². The van der Waals surface area contributed by atoms with Crippen LogP contribution in [0.15, 0.2) is 60.0 Å². The lowest BCUT2D eigenvalue weighted by atomic mass is 10.1. The van der Waals surface area contributed by atoms with E-state index < -0.39 is 0 Å². The highest BCUT2D eigenvalue weighted by Gasteiger charge is 2.14. The van der Waals surface area contributed by atoms with Crippen molar-refractivity contribution < 1.29 is 4.74 Å². The van der Waals surface area contributed by atoms with Crippen LogP contribution in [0.3, 0.4) is 0 Å². The van der Waals surface area contributed by atoms with E-state index in [1.54, 1.807) is 11.3 Å². The van der Waals surface area contributed by atoms with E-state index in [0.29, 0.717) is 0 Å². The molecule has 0 amide bonds. The van der Waals surface area contributed by atoms with Crippen molar-refractivity contribution in [2.45, 2.75) is 52.7 Å². The van der Waals surface area contributed by atoms with E-state index in [-0.39, 0.29) is 6.23 Å². The minimum atomic E-state index is 0.0860. The third-order valence-electron chi connectivity index (χ3n) is 5.09. The normalized spacial score (nSPS) is 12.3. The molecule has 29 heavy (non-hydrogen) atoms. The van der Waals surface area contributed by atoms with E-state index in [9.17, 15) is 0 Å². The van der Waals surface area contributed by atoms with Crippen LogP contribution in [0.2, 0.25) is 0 Å². The molecule has 2 aromatic carbocycles. The van der Waals surface area contributed by atoms with Gasteiger partial charge in [-0.1, -0.05) is 57.0 Å². The number of hydrogen-bond donors (Lipinski definition) is 0. The first-order chi connectivity index (χ1) is 14.2. The topological polar surface area (TPSA) is 25.4 Å². The molecule has 0 fully saturated rings. The van der Waals surface area contributed by atoms with Crippen molar-refractivity contribution in [1.82, 2.24) is 9.88 Å². The second-order valence-electron chi connectivity index (χ2n) is 7.39. The van der Waals surface area contributed by atoms with E-state index in [4.69, 9.17) is 9.72 Å². The summed E-state index contributed by atoms with van der Waals surface area (Å²) < 4.78 is 6.24. The molecule has 0 radical (unpaired) electrons. The van der Waals surface area contributed by atoms with E-state index >= 15 is 0 Å². The summed E-state index contributed by atoms with van der Waals surface area (Å²) in [5.41, 5.74) is 3.30. The highest BCUT2D eigenvalue weighted by atomic mass is 32.1. The molecule has 0 saturated carbocycles. The average Bonchev–Trinajstić information content (AvgIpc) is 3.25. The van der Waals surface area contributed by atoms with Gasteiger partial charge in [-0.3, -0.25) is 4.90 Å². The molecule has 1 unspecified atom stereocenters. The lowest BCUT2D eigenvalue weighted by Crippen LogP contribution is -2.38. The summed E-state index contributed by atoms with van der Waals surface area (Å²) >= 11 is 1.68. The quantitative estimate of drug-likeness (QED) is 0.316. The summed E-state index contributed by atoms with van der Waals surface area (Å²) in [4.78, 5) is 7.26. The lowest BCUT2D eigenvalue weighted by molar-refractivity contribution is 0.0375. The predicted octanol–water partition coefficient (Wildman–Crippen LogP) is 7.10.